The summed E-state index contributed by atoms with van der Waals surface area (Å²) in [5, 5.41) is 0. The molecule has 0 amide bonds. The molecule has 0 heterocycles. The fourth-order valence-electron chi connectivity index (χ4n) is 0. The summed E-state index contributed by atoms with van der Waals surface area (Å²) in [6, 6.07) is 0. The van der Waals surface area contributed by atoms with Crippen LogP contribution < -0.4 is 0 Å². The van der Waals surface area contributed by atoms with Gasteiger partial charge >= 0.3 is 10.4 Å². The smallest absolute Gasteiger partial charge is 0.264 e. The molecular formula is C2H14O4P2S. The van der Waals surface area contributed by atoms with Crippen molar-refractivity contribution < 1.29 is 17.5 Å². The molecule has 2 N–H and O–H groups in total. The highest BCUT2D eigenvalue weighted by Crippen LogP contribution is 1.59. The van der Waals surface area contributed by atoms with Crippen LogP contribution in [0.15, 0.2) is 0 Å². The minimum atomic E-state index is -4.67. The summed E-state index contributed by atoms with van der Waals surface area (Å²) in [7, 11) is -0.944. The second-order valence-corrected chi connectivity index (χ2v) is 1.34. The second kappa shape index (κ2) is 11.5. The van der Waals surface area contributed by atoms with Crippen LogP contribution in [0.4, 0.5) is 0 Å². The molecule has 7 heteroatoms. The molecular weight excluding hydrogens is 182 g/mol. The minimum Gasteiger partial charge on any atom is -0.264 e. The summed E-state index contributed by atoms with van der Waals surface area (Å²) in [5.41, 5.74) is 0. The van der Waals surface area contributed by atoms with Crippen LogP contribution >= 0.6 is 18.5 Å². The van der Waals surface area contributed by atoms with Gasteiger partial charge in [0.25, 0.3) is 0 Å². The zero-order valence-electron chi connectivity index (χ0n) is 5.53. The van der Waals surface area contributed by atoms with Crippen LogP contribution in [0.3, 0.4) is 0 Å². The zero-order chi connectivity index (χ0) is 8.50. The highest BCUT2D eigenvalue weighted by molar-refractivity contribution is 7.79. The Bertz CT molecular complexity index is 99.7. The predicted octanol–water partition coefficient (Wildman–Crippen LogP) is -0.206. The van der Waals surface area contributed by atoms with Crippen LogP contribution in [0.25, 0.3) is 0 Å². The van der Waals surface area contributed by atoms with Crippen LogP contribution in [-0.4, -0.2) is 30.9 Å². The standard InChI is InChI=1S/2CH6P.H2O4S/c2*1-2;1-5(2,3)4/h2*1-2H3;(H2,1,2,3,4). The summed E-state index contributed by atoms with van der Waals surface area (Å²) in [5.74, 6) is 0. The van der Waals surface area contributed by atoms with E-state index in [9.17, 15) is 0 Å². The first-order valence-corrected chi connectivity index (χ1v) is 6.34. The molecule has 0 aromatic heterocycles. The van der Waals surface area contributed by atoms with Crippen molar-refractivity contribution in [1.82, 2.24) is 0 Å². The molecule has 0 aliphatic rings. The summed E-state index contributed by atoms with van der Waals surface area (Å²) < 4.78 is 31.6. The monoisotopic (exact) mass is 196 g/mol. The Morgan fingerprint density at radius 3 is 1.00 bits per heavy atom. The summed E-state index contributed by atoms with van der Waals surface area (Å²) in [6.07, 6.45) is 0. The largest absolute Gasteiger partial charge is 0.394 e. The number of rotatable bonds is 0. The minimum absolute atomic E-state index is 1.86. The third-order valence-corrected chi connectivity index (χ3v) is 0. The van der Waals surface area contributed by atoms with E-state index in [1.165, 1.54) is 0 Å². The van der Waals surface area contributed by atoms with Gasteiger partial charge in [0.1, 0.15) is 0 Å². The summed E-state index contributed by atoms with van der Waals surface area (Å²) in [4.78, 5) is 0. The summed E-state index contributed by atoms with van der Waals surface area (Å²) >= 11 is 0. The second-order valence-electron chi connectivity index (χ2n) is 0.448. The lowest BCUT2D eigenvalue weighted by atomic mass is 12.0. The molecule has 2 radical (unpaired) electrons. The number of hydrogen-bond donors (Lipinski definition) is 2. The van der Waals surface area contributed by atoms with E-state index < -0.39 is 10.4 Å². The molecule has 0 rings (SSSR count). The van der Waals surface area contributed by atoms with E-state index >= 15 is 0 Å². The van der Waals surface area contributed by atoms with Crippen molar-refractivity contribution in [3.8, 4) is 0 Å². The molecule has 0 saturated carbocycles. The molecule has 2 unspecified atom stereocenters. The van der Waals surface area contributed by atoms with Gasteiger partial charge in [-0.05, 0) is 0 Å². The first kappa shape index (κ1) is 16.4. The zero-order valence-corrected chi connectivity index (χ0v) is 9.18. The Kier molecular flexibility index (Phi) is 21.0. The van der Waals surface area contributed by atoms with Crippen LogP contribution in [0.2, 0.25) is 0 Å². The Morgan fingerprint density at radius 2 is 1.00 bits per heavy atom. The van der Waals surface area contributed by atoms with Crippen molar-refractivity contribution in [2.75, 3.05) is 13.3 Å². The van der Waals surface area contributed by atoms with Crippen LogP contribution in [0.1, 0.15) is 0 Å². The van der Waals surface area contributed by atoms with Crippen molar-refractivity contribution in [1.29, 1.82) is 0 Å². The molecule has 62 valence electrons. The SMILES string of the molecule is C[PH3].C[PH3].O=S(=O)(O)O. The van der Waals surface area contributed by atoms with Crippen LogP contribution in [-0.2, 0) is 10.4 Å². The fraction of sp³-hybridized carbons (Fsp3) is 1.00. The van der Waals surface area contributed by atoms with Gasteiger partial charge in [0.15, 0.2) is 0 Å². The summed E-state index contributed by atoms with van der Waals surface area (Å²) in [6.45, 7) is 4.06. The van der Waals surface area contributed by atoms with Gasteiger partial charge in [-0.25, -0.2) is 0 Å². The van der Waals surface area contributed by atoms with E-state index in [4.69, 9.17) is 17.5 Å². The van der Waals surface area contributed by atoms with Crippen molar-refractivity contribution in [2.24, 2.45) is 0 Å². The third-order valence-electron chi connectivity index (χ3n) is 0. The van der Waals surface area contributed by atoms with Crippen molar-refractivity contribution >= 4 is 28.9 Å². The molecule has 0 aliphatic heterocycles. The van der Waals surface area contributed by atoms with Gasteiger partial charge in [-0.15, -0.1) is 0 Å². The first-order chi connectivity index (χ1) is 4.00. The van der Waals surface area contributed by atoms with Crippen LogP contribution in [0.5, 0.6) is 0 Å². The van der Waals surface area contributed by atoms with E-state index in [1.54, 1.807) is 0 Å². The normalized spacial score (nSPS) is 8.44. The molecule has 0 spiro atoms. The van der Waals surface area contributed by atoms with E-state index in [-0.39, 0.29) is 0 Å². The third kappa shape index (κ3) is 742. The molecule has 0 aromatic rings. The lowest BCUT2D eigenvalue weighted by Crippen LogP contribution is -1.89. The van der Waals surface area contributed by atoms with E-state index in [1.807, 2.05) is 31.8 Å². The predicted molar refractivity (Wildman–Crippen MR) is 48.2 cm³/mol. The molecule has 0 aromatic carbocycles. The van der Waals surface area contributed by atoms with Gasteiger partial charge < -0.3 is 0 Å². The van der Waals surface area contributed by atoms with Gasteiger partial charge in [0.05, 0.1) is 0 Å². The van der Waals surface area contributed by atoms with Gasteiger partial charge in [0.2, 0.25) is 0 Å². The maximum Gasteiger partial charge on any atom is 0.394 e. The average molecular weight is 196 g/mol. The molecule has 4 nitrogen and oxygen atoms in total. The molecule has 0 saturated heterocycles. The molecule has 0 aliphatic carbocycles. The Balaban J connectivity index is -0.0000000771. The lowest BCUT2D eigenvalue weighted by molar-refractivity contribution is 0.381. The van der Waals surface area contributed by atoms with Crippen LogP contribution in [0, 0.1) is 0 Å². The van der Waals surface area contributed by atoms with Crippen molar-refractivity contribution in [3.63, 3.8) is 0 Å². The van der Waals surface area contributed by atoms with E-state index in [0.29, 0.717) is 0 Å². The number of hydrogen-bond acceptors (Lipinski definition) is 2. The highest BCUT2D eigenvalue weighted by atomic mass is 32.3. The van der Waals surface area contributed by atoms with E-state index in [0.717, 1.165) is 0 Å². The molecule has 0 bridgehead atoms. The Morgan fingerprint density at radius 1 is 1.00 bits per heavy atom. The average Bonchev–Trinajstić information content (AvgIpc) is 1.72. The van der Waals surface area contributed by atoms with E-state index in [2.05, 4.69) is 0 Å². The lowest BCUT2D eigenvalue weighted by Gasteiger charge is -1.68. The van der Waals surface area contributed by atoms with Gasteiger partial charge in [-0.1, -0.05) is 13.3 Å². The fourth-order valence-corrected chi connectivity index (χ4v) is 0. The maximum absolute atomic E-state index is 8.74. The highest BCUT2D eigenvalue weighted by Gasteiger charge is 1.84. The quantitative estimate of drug-likeness (QED) is 0.415. The van der Waals surface area contributed by atoms with Crippen molar-refractivity contribution in [3.05, 3.63) is 0 Å². The maximum atomic E-state index is 8.74. The Labute approximate surface area is 60.4 Å². The Hall–Kier alpha value is 0.730. The van der Waals surface area contributed by atoms with Gasteiger partial charge in [-0.2, -0.15) is 26.9 Å². The first-order valence-electron chi connectivity index (χ1n) is 2.11. The van der Waals surface area contributed by atoms with Crippen molar-refractivity contribution in [2.45, 2.75) is 0 Å². The van der Waals surface area contributed by atoms with Gasteiger partial charge in [0, 0.05) is 0 Å². The molecule has 9 heavy (non-hydrogen) atoms. The topological polar surface area (TPSA) is 74.6 Å². The molecule has 2 atom stereocenters. The molecule has 0 fully saturated rings. The van der Waals surface area contributed by atoms with Gasteiger partial charge in [-0.3, -0.25) is 9.11 Å².